The van der Waals surface area contributed by atoms with E-state index in [1.807, 2.05) is 13.8 Å². The molecule has 0 bridgehead atoms. The highest BCUT2D eigenvalue weighted by molar-refractivity contribution is 7.75. The van der Waals surface area contributed by atoms with Crippen molar-refractivity contribution in [2.45, 2.75) is 77.2 Å². The number of benzene rings is 2. The first-order valence-corrected chi connectivity index (χ1v) is 12.3. The van der Waals surface area contributed by atoms with Crippen LogP contribution in [-0.2, 0) is 14.7 Å². The molecule has 0 saturated carbocycles. The number of hydrogen-bond donors (Lipinski definition) is 0. The van der Waals surface area contributed by atoms with Crippen LogP contribution in [0.2, 0.25) is 0 Å². The van der Waals surface area contributed by atoms with E-state index >= 15 is 0 Å². The summed E-state index contributed by atoms with van der Waals surface area (Å²) in [6.07, 6.45) is -11.7. The van der Waals surface area contributed by atoms with Gasteiger partial charge in [0.25, 0.3) is 13.0 Å². The second-order valence-electron chi connectivity index (χ2n) is 9.35. The molecule has 3 rings (SSSR count). The fourth-order valence-corrected chi connectivity index (χ4v) is 7.59. The van der Waals surface area contributed by atoms with Crippen LogP contribution in [0.1, 0.15) is 81.5 Å². The van der Waals surface area contributed by atoms with Crippen molar-refractivity contribution < 1.29 is 35.4 Å². The molecule has 1 heterocycles. The predicted octanol–water partition coefficient (Wildman–Crippen LogP) is 7.64. The third-order valence-electron chi connectivity index (χ3n) is 6.06. The van der Waals surface area contributed by atoms with Crippen LogP contribution in [0.15, 0.2) is 36.4 Å². The van der Waals surface area contributed by atoms with Crippen LogP contribution in [0, 0.1) is 0 Å². The average molecular weight is 492 g/mol. The molecule has 0 radical (unpaired) electrons. The zero-order valence-corrected chi connectivity index (χ0v) is 20.1. The van der Waals surface area contributed by atoms with Gasteiger partial charge in [-0.1, -0.05) is 71.9 Å². The Labute approximate surface area is 189 Å². The van der Waals surface area contributed by atoms with Crippen LogP contribution in [0.25, 0.3) is 0 Å². The standard InChI is InChI=1S/C24H27F6O2P/c1-13(2)16-11-17(14(3)4)21(18(12-16)15(5)6)33(31)20-10-8-7-9-19(20)22(32-33,23(25,26)27)24(28,29)30/h7-15H,1-6H3. The predicted molar refractivity (Wildman–Crippen MR) is 117 cm³/mol. The number of alkyl halides is 6. The van der Waals surface area contributed by atoms with Crippen LogP contribution >= 0.6 is 7.37 Å². The molecule has 0 N–H and O–H groups in total. The SMILES string of the molecule is CC(C)c1cc(C(C)C)c(P2(=O)OC(C(F)(F)F)(C(F)(F)F)c3ccccc32)c(C(C)C)c1. The van der Waals surface area contributed by atoms with E-state index in [0.717, 1.165) is 17.7 Å². The Morgan fingerprint density at radius 3 is 1.64 bits per heavy atom. The van der Waals surface area contributed by atoms with Crippen LogP contribution in [0.5, 0.6) is 0 Å². The Morgan fingerprint density at radius 1 is 0.788 bits per heavy atom. The van der Waals surface area contributed by atoms with Gasteiger partial charge in [0, 0.05) is 16.2 Å². The van der Waals surface area contributed by atoms with E-state index < -0.39 is 36.2 Å². The third kappa shape index (κ3) is 3.83. The minimum absolute atomic E-state index is 0.0520. The van der Waals surface area contributed by atoms with Crippen molar-refractivity contribution >= 4 is 18.0 Å². The smallest absolute Gasteiger partial charge is 0.292 e. The summed E-state index contributed by atoms with van der Waals surface area (Å²) in [6, 6.07) is 7.57. The number of fused-ring (bicyclic) bond motifs is 1. The molecule has 0 amide bonds. The summed E-state index contributed by atoms with van der Waals surface area (Å²) in [6.45, 7) is 10.9. The first-order valence-electron chi connectivity index (χ1n) is 10.7. The van der Waals surface area contributed by atoms with E-state index in [2.05, 4.69) is 0 Å². The summed E-state index contributed by atoms with van der Waals surface area (Å²) in [7, 11) is -4.80. The Hall–Kier alpha value is -1.79. The zero-order chi connectivity index (χ0) is 25.1. The lowest BCUT2D eigenvalue weighted by Crippen LogP contribution is -2.54. The van der Waals surface area contributed by atoms with Gasteiger partial charge in [0.2, 0.25) is 0 Å². The van der Waals surface area contributed by atoms with Crippen molar-refractivity contribution in [1.29, 1.82) is 0 Å². The Kier molecular flexibility index (Phi) is 6.38. The van der Waals surface area contributed by atoms with E-state index in [9.17, 15) is 30.9 Å². The quantitative estimate of drug-likeness (QED) is 0.324. The van der Waals surface area contributed by atoms with Crippen molar-refractivity contribution in [3.8, 4) is 0 Å². The first-order chi connectivity index (χ1) is 15.0. The van der Waals surface area contributed by atoms with Crippen LogP contribution in [0.4, 0.5) is 26.3 Å². The minimum Gasteiger partial charge on any atom is -0.292 e. The van der Waals surface area contributed by atoms with Crippen molar-refractivity contribution in [3.63, 3.8) is 0 Å². The molecule has 1 unspecified atom stereocenters. The maximum Gasteiger partial charge on any atom is 0.431 e. The molecular weight excluding hydrogens is 465 g/mol. The second-order valence-corrected chi connectivity index (χ2v) is 11.6. The molecular formula is C24H27F6O2P. The van der Waals surface area contributed by atoms with Crippen molar-refractivity contribution in [3.05, 3.63) is 58.7 Å². The molecule has 1 aliphatic heterocycles. The zero-order valence-electron chi connectivity index (χ0n) is 19.2. The lowest BCUT2D eigenvalue weighted by molar-refractivity contribution is -0.362. The average Bonchev–Trinajstić information content (AvgIpc) is 2.98. The molecule has 0 saturated heterocycles. The molecule has 2 aromatic carbocycles. The highest BCUT2D eigenvalue weighted by atomic mass is 31.2. The van der Waals surface area contributed by atoms with E-state index in [0.29, 0.717) is 17.2 Å². The van der Waals surface area contributed by atoms with Gasteiger partial charge in [-0.05, 0) is 40.5 Å². The highest BCUT2D eigenvalue weighted by Gasteiger charge is 2.79. The van der Waals surface area contributed by atoms with Gasteiger partial charge in [0.1, 0.15) is 0 Å². The molecule has 2 aromatic rings. The van der Waals surface area contributed by atoms with Crippen molar-refractivity contribution in [2.75, 3.05) is 0 Å². The maximum absolute atomic E-state index is 14.5. The summed E-state index contributed by atoms with van der Waals surface area (Å²) < 4.78 is 104. The molecule has 0 aliphatic carbocycles. The van der Waals surface area contributed by atoms with Gasteiger partial charge in [-0.15, -0.1) is 0 Å². The molecule has 33 heavy (non-hydrogen) atoms. The fourth-order valence-electron chi connectivity index (χ4n) is 4.31. The van der Waals surface area contributed by atoms with E-state index in [-0.39, 0.29) is 23.1 Å². The maximum atomic E-state index is 14.5. The van der Waals surface area contributed by atoms with E-state index in [4.69, 9.17) is 4.52 Å². The Morgan fingerprint density at radius 2 is 1.24 bits per heavy atom. The van der Waals surface area contributed by atoms with E-state index in [1.165, 1.54) is 6.07 Å². The largest absolute Gasteiger partial charge is 0.431 e. The van der Waals surface area contributed by atoms with Gasteiger partial charge in [0.05, 0.1) is 0 Å². The van der Waals surface area contributed by atoms with Gasteiger partial charge >= 0.3 is 12.4 Å². The Bertz CT molecular complexity index is 1060. The third-order valence-corrected chi connectivity index (χ3v) is 8.72. The summed E-state index contributed by atoms with van der Waals surface area (Å²) in [4.78, 5) is 0. The topological polar surface area (TPSA) is 26.3 Å². The molecule has 1 aliphatic rings. The molecule has 0 fully saturated rings. The summed E-state index contributed by atoms with van der Waals surface area (Å²) in [5.74, 6) is -0.578. The summed E-state index contributed by atoms with van der Waals surface area (Å²) in [5, 5.41) is -0.611. The first kappa shape index (κ1) is 25.8. The number of halogens is 6. The normalized spacial score (nSPS) is 20.7. The molecule has 2 nitrogen and oxygen atoms in total. The van der Waals surface area contributed by atoms with Crippen LogP contribution in [0.3, 0.4) is 0 Å². The number of hydrogen-bond acceptors (Lipinski definition) is 2. The monoisotopic (exact) mass is 492 g/mol. The molecule has 0 spiro atoms. The van der Waals surface area contributed by atoms with Gasteiger partial charge in [-0.2, -0.15) is 26.3 Å². The Balaban J connectivity index is 2.50. The molecule has 1 atom stereocenters. The highest BCUT2D eigenvalue weighted by Crippen LogP contribution is 2.68. The lowest BCUT2D eigenvalue weighted by Gasteiger charge is -2.34. The van der Waals surface area contributed by atoms with Gasteiger partial charge in [0.15, 0.2) is 0 Å². The summed E-state index contributed by atoms with van der Waals surface area (Å²) in [5.41, 5.74) is -4.11. The minimum atomic E-state index is -5.87. The van der Waals surface area contributed by atoms with Crippen LogP contribution < -0.4 is 10.6 Å². The summed E-state index contributed by atoms with van der Waals surface area (Å²) >= 11 is 0. The number of rotatable bonds is 4. The molecule has 0 aromatic heterocycles. The fraction of sp³-hybridized carbons (Fsp3) is 0.500. The van der Waals surface area contributed by atoms with Crippen LogP contribution in [-0.4, -0.2) is 12.4 Å². The van der Waals surface area contributed by atoms with Gasteiger partial charge < -0.3 is 0 Å². The molecule has 9 heteroatoms. The van der Waals surface area contributed by atoms with Crippen molar-refractivity contribution in [2.24, 2.45) is 0 Å². The molecule has 182 valence electrons. The van der Waals surface area contributed by atoms with Crippen molar-refractivity contribution in [1.82, 2.24) is 0 Å². The van der Waals surface area contributed by atoms with E-state index in [1.54, 1.807) is 39.8 Å². The lowest BCUT2D eigenvalue weighted by atomic mass is 9.89. The van der Waals surface area contributed by atoms with Gasteiger partial charge in [-0.3, -0.25) is 9.09 Å². The second kappa shape index (κ2) is 8.16. The van der Waals surface area contributed by atoms with Gasteiger partial charge in [-0.25, -0.2) is 0 Å².